The van der Waals surface area contributed by atoms with Gasteiger partial charge in [0.25, 0.3) is 10.1 Å². The highest BCUT2D eigenvalue weighted by atomic mass is 127. The Morgan fingerprint density at radius 1 is 1.12 bits per heavy atom. The van der Waals surface area contributed by atoms with Crippen LogP contribution in [0.15, 0.2) is 22.7 Å². The van der Waals surface area contributed by atoms with Gasteiger partial charge in [-0.3, -0.25) is 4.55 Å². The molecule has 0 aromatic heterocycles. The predicted octanol–water partition coefficient (Wildman–Crippen LogP) is 3.96. The first-order valence-electron chi connectivity index (χ1n) is 5.76. The molecule has 5 nitrogen and oxygen atoms in total. The van der Waals surface area contributed by atoms with E-state index < -0.39 is 45.4 Å². The fourth-order valence-corrected chi connectivity index (χ4v) is 4.11. The summed E-state index contributed by atoms with van der Waals surface area (Å²) in [6, 6.07) is 3.21. The van der Waals surface area contributed by atoms with Crippen LogP contribution in [0.1, 0.15) is 10.4 Å². The van der Waals surface area contributed by atoms with E-state index in [2.05, 4.69) is 20.7 Å². The minimum absolute atomic E-state index is 0.158. The summed E-state index contributed by atoms with van der Waals surface area (Å²) in [5, 5.41) is 0. The number of hydrogen-bond donors (Lipinski definition) is 1. The van der Waals surface area contributed by atoms with Crippen molar-refractivity contribution in [3.05, 3.63) is 31.8 Å². The van der Waals surface area contributed by atoms with E-state index in [9.17, 15) is 39.6 Å². The van der Waals surface area contributed by atoms with Gasteiger partial charge in [-0.25, -0.2) is 4.79 Å². The van der Waals surface area contributed by atoms with E-state index in [1.807, 2.05) is 0 Å². The third-order valence-electron chi connectivity index (χ3n) is 2.67. The highest BCUT2D eigenvalue weighted by Crippen LogP contribution is 2.47. The molecule has 0 aliphatic heterocycles. The minimum Gasteiger partial charge on any atom is -0.435 e. The van der Waals surface area contributed by atoms with Crippen LogP contribution in [0.2, 0.25) is 0 Å². The number of carbonyl (C=O) groups is 1. The summed E-state index contributed by atoms with van der Waals surface area (Å²) in [4.78, 5) is 11.8. The first-order valence-corrected chi connectivity index (χ1v) is 9.25. The van der Waals surface area contributed by atoms with E-state index in [1.165, 1.54) is 6.07 Å². The van der Waals surface area contributed by atoms with Crippen molar-refractivity contribution in [2.45, 2.75) is 18.0 Å². The topological polar surface area (TPSA) is 80.7 Å². The van der Waals surface area contributed by atoms with Gasteiger partial charge < -0.3 is 4.74 Å². The zero-order valence-corrected chi connectivity index (χ0v) is 16.0. The highest BCUT2D eigenvalue weighted by Gasteiger charge is 2.76. The summed E-state index contributed by atoms with van der Waals surface area (Å²) < 4.78 is 112. The zero-order chi connectivity index (χ0) is 19.8. The minimum atomic E-state index is -6.37. The highest BCUT2D eigenvalue weighted by molar-refractivity contribution is 14.1. The summed E-state index contributed by atoms with van der Waals surface area (Å²) in [7, 11) is -5.82. The van der Waals surface area contributed by atoms with Crippen LogP contribution in [0.3, 0.4) is 0 Å². The molecule has 0 atom stereocenters. The Kier molecular flexibility index (Phi) is 6.45. The first kappa shape index (κ1) is 22.4. The number of hydrogen-bond acceptors (Lipinski definition) is 4. The molecule has 0 bridgehead atoms. The lowest BCUT2D eigenvalue weighted by molar-refractivity contribution is -0.356. The first-order chi connectivity index (χ1) is 11.0. The quantitative estimate of drug-likeness (QED) is 0.257. The van der Waals surface area contributed by atoms with Gasteiger partial charge in [0.15, 0.2) is 0 Å². The van der Waals surface area contributed by atoms with Crippen molar-refractivity contribution in [1.82, 2.24) is 0 Å². The number of esters is 1. The van der Waals surface area contributed by atoms with Gasteiger partial charge in [-0.2, -0.15) is 34.8 Å². The molecular formula is C11H6BrF6IO5S. The second-order valence-corrected chi connectivity index (χ2v) is 8.21. The molecule has 0 saturated carbocycles. The van der Waals surface area contributed by atoms with Crippen molar-refractivity contribution in [3.8, 4) is 0 Å². The van der Waals surface area contributed by atoms with Crippen LogP contribution >= 0.6 is 38.5 Å². The summed E-state index contributed by atoms with van der Waals surface area (Å²) in [5.41, 5.74) is -6.12. The van der Waals surface area contributed by atoms with Crippen molar-refractivity contribution in [3.63, 3.8) is 0 Å². The fourth-order valence-electron chi connectivity index (χ4n) is 1.62. The second kappa shape index (κ2) is 7.19. The molecule has 0 aliphatic rings. The average molecular weight is 571 g/mol. The van der Waals surface area contributed by atoms with Gasteiger partial charge in [-0.1, -0.05) is 15.9 Å². The SMILES string of the molecule is O=C(OC(CS(=O)(=O)O)(C(F)(F)F)C(F)(F)F)c1cc(Br)cc(I)c1. The Morgan fingerprint density at radius 2 is 1.60 bits per heavy atom. The second-order valence-electron chi connectivity index (χ2n) is 4.60. The van der Waals surface area contributed by atoms with Crippen molar-refractivity contribution in [1.29, 1.82) is 0 Å². The molecule has 1 aromatic rings. The third-order valence-corrected chi connectivity index (χ3v) is 4.52. The summed E-state index contributed by atoms with van der Waals surface area (Å²) in [6.07, 6.45) is -12.7. The Hall–Kier alpha value is -0.610. The summed E-state index contributed by atoms with van der Waals surface area (Å²) in [5.74, 6) is -5.00. The smallest absolute Gasteiger partial charge is 0.435 e. The summed E-state index contributed by atoms with van der Waals surface area (Å²) in [6.45, 7) is 0. The zero-order valence-electron chi connectivity index (χ0n) is 11.5. The maximum atomic E-state index is 13.1. The van der Waals surface area contributed by atoms with E-state index in [0.29, 0.717) is 0 Å². The van der Waals surface area contributed by atoms with E-state index in [1.54, 1.807) is 22.6 Å². The maximum Gasteiger partial charge on any atom is 0.438 e. The van der Waals surface area contributed by atoms with Gasteiger partial charge in [0.2, 0.25) is 0 Å². The number of halogens is 8. The molecule has 25 heavy (non-hydrogen) atoms. The van der Waals surface area contributed by atoms with Gasteiger partial charge >= 0.3 is 23.9 Å². The molecule has 0 spiro atoms. The molecule has 0 heterocycles. The molecule has 14 heteroatoms. The van der Waals surface area contributed by atoms with E-state index in [0.717, 1.165) is 12.1 Å². The third kappa shape index (κ3) is 5.43. The average Bonchev–Trinajstić information content (AvgIpc) is 2.32. The Bertz CT molecular complexity index is 742. The molecule has 0 fully saturated rings. The van der Waals surface area contributed by atoms with Crippen LogP contribution < -0.4 is 0 Å². The standard InChI is InChI=1S/C11H6BrF6IO5S/c12-6-1-5(2-7(19)3-6)8(20)24-9(10(13,14)15,11(16,17)18)4-25(21,22)23/h1-3H,4H2,(H,21,22,23). The number of carbonyl (C=O) groups excluding carboxylic acids is 1. The molecule has 0 aliphatic carbocycles. The predicted molar refractivity (Wildman–Crippen MR) is 83.5 cm³/mol. The van der Waals surface area contributed by atoms with Crippen molar-refractivity contribution in [2.75, 3.05) is 5.75 Å². The Morgan fingerprint density at radius 3 is 1.96 bits per heavy atom. The van der Waals surface area contributed by atoms with Crippen LogP contribution in [0, 0.1) is 3.57 Å². The molecule has 0 amide bonds. The largest absolute Gasteiger partial charge is 0.438 e. The maximum absolute atomic E-state index is 13.1. The number of ether oxygens (including phenoxy) is 1. The lowest BCUT2D eigenvalue weighted by Crippen LogP contribution is -2.63. The van der Waals surface area contributed by atoms with Crippen LogP contribution in [0.4, 0.5) is 26.3 Å². The lowest BCUT2D eigenvalue weighted by atomic mass is 10.1. The Balaban J connectivity index is 3.49. The van der Waals surface area contributed by atoms with Gasteiger partial charge in [0.1, 0.15) is 5.75 Å². The number of benzene rings is 1. The summed E-state index contributed by atoms with van der Waals surface area (Å²) >= 11 is 4.53. The normalized spacial score (nSPS) is 13.6. The molecular weight excluding hydrogens is 565 g/mol. The van der Waals surface area contributed by atoms with E-state index >= 15 is 0 Å². The van der Waals surface area contributed by atoms with E-state index in [4.69, 9.17) is 4.55 Å². The van der Waals surface area contributed by atoms with E-state index in [-0.39, 0.29) is 8.04 Å². The molecule has 1 N–H and O–H groups in total. The molecule has 1 rings (SSSR count). The molecule has 1 aromatic carbocycles. The van der Waals surface area contributed by atoms with Crippen LogP contribution in [0.5, 0.6) is 0 Å². The number of alkyl halides is 6. The van der Waals surface area contributed by atoms with Crippen LogP contribution in [-0.2, 0) is 14.9 Å². The van der Waals surface area contributed by atoms with Crippen LogP contribution in [0.25, 0.3) is 0 Å². The van der Waals surface area contributed by atoms with Crippen LogP contribution in [-0.4, -0.2) is 42.6 Å². The van der Waals surface area contributed by atoms with Gasteiger partial charge in [0.05, 0.1) is 5.56 Å². The van der Waals surface area contributed by atoms with Gasteiger partial charge in [-0.05, 0) is 40.8 Å². The van der Waals surface area contributed by atoms with Gasteiger partial charge in [-0.15, -0.1) is 0 Å². The van der Waals surface area contributed by atoms with Gasteiger partial charge in [0, 0.05) is 8.04 Å². The van der Waals surface area contributed by atoms with Crippen molar-refractivity contribution < 1.29 is 48.8 Å². The van der Waals surface area contributed by atoms with Crippen molar-refractivity contribution >= 4 is 54.6 Å². The molecule has 0 unspecified atom stereocenters. The lowest BCUT2D eigenvalue weighted by Gasteiger charge is -2.35. The monoisotopic (exact) mass is 570 g/mol. The number of rotatable bonds is 4. The Labute approximate surface area is 158 Å². The fraction of sp³-hybridized carbons (Fsp3) is 0.364. The van der Waals surface area contributed by atoms with Crippen molar-refractivity contribution in [2.24, 2.45) is 0 Å². The molecule has 0 saturated heterocycles. The molecule has 0 radical (unpaired) electrons. The molecule has 142 valence electrons.